The number of carbonyl (C=O) groups excluding carboxylic acids is 2. The molecule has 0 N–H and O–H groups in total. The largest absolute Gasteiger partial charge is 0.274 e. The van der Waals surface area contributed by atoms with Crippen molar-refractivity contribution in [2.24, 2.45) is 11.8 Å². The number of nitriles is 1. The molecule has 3 atom stereocenters. The summed E-state index contributed by atoms with van der Waals surface area (Å²) in [7, 11) is 0. The molecule has 100 valence electrons. The molecule has 1 aromatic carbocycles. The molecule has 1 unspecified atom stereocenters. The zero-order chi connectivity index (χ0) is 14.1. The van der Waals surface area contributed by atoms with Gasteiger partial charge in [0.2, 0.25) is 11.8 Å². The van der Waals surface area contributed by atoms with Gasteiger partial charge in [-0.25, -0.2) is 0 Å². The Labute approximate surface area is 117 Å². The number of allylic oxidation sites excluding steroid dienone is 2. The molecule has 1 saturated heterocycles. The summed E-state index contributed by atoms with van der Waals surface area (Å²) in [5.41, 5.74) is 0.684. The number of imide groups is 1. The maximum atomic E-state index is 12.4. The zero-order valence-electron chi connectivity index (χ0n) is 10.9. The van der Waals surface area contributed by atoms with Crippen molar-refractivity contribution in [1.29, 1.82) is 5.26 Å². The standard InChI is InChI=1S/C16H14N2O2/c17-10-14(11-6-2-1-3-7-11)18-15(19)12-8-4-5-9-13(12)16(18)20/h1-7,12-14H,8-9H2/t12-,13+,14?. The Morgan fingerprint density at radius 2 is 1.60 bits per heavy atom. The molecule has 1 aliphatic heterocycles. The lowest BCUT2D eigenvalue weighted by atomic mass is 9.85. The first-order valence-electron chi connectivity index (χ1n) is 6.70. The Bertz CT molecular complexity index is 589. The van der Waals surface area contributed by atoms with Crippen LogP contribution in [-0.4, -0.2) is 16.7 Å². The fraction of sp³-hybridized carbons (Fsp3) is 0.312. The fourth-order valence-corrected chi connectivity index (χ4v) is 3.00. The van der Waals surface area contributed by atoms with Crippen molar-refractivity contribution in [3.05, 3.63) is 48.0 Å². The summed E-state index contributed by atoms with van der Waals surface area (Å²) >= 11 is 0. The second-order valence-corrected chi connectivity index (χ2v) is 5.14. The van der Waals surface area contributed by atoms with Crippen molar-refractivity contribution >= 4 is 11.8 Å². The molecule has 1 aliphatic carbocycles. The number of fused-ring (bicyclic) bond motifs is 1. The Morgan fingerprint density at radius 3 is 2.10 bits per heavy atom. The summed E-state index contributed by atoms with van der Waals surface area (Å²) in [6.45, 7) is 0. The lowest BCUT2D eigenvalue weighted by molar-refractivity contribution is -0.141. The molecule has 2 amide bonds. The molecule has 0 aromatic heterocycles. The molecule has 0 radical (unpaired) electrons. The van der Waals surface area contributed by atoms with Gasteiger partial charge in [-0.15, -0.1) is 0 Å². The van der Waals surface area contributed by atoms with Crippen LogP contribution in [0.5, 0.6) is 0 Å². The minimum atomic E-state index is -0.818. The van der Waals surface area contributed by atoms with Gasteiger partial charge in [0.25, 0.3) is 0 Å². The molecule has 1 aromatic rings. The van der Waals surface area contributed by atoms with Crippen molar-refractivity contribution < 1.29 is 9.59 Å². The maximum Gasteiger partial charge on any atom is 0.234 e. The average Bonchev–Trinajstić information content (AvgIpc) is 2.75. The van der Waals surface area contributed by atoms with Gasteiger partial charge >= 0.3 is 0 Å². The Balaban J connectivity index is 1.96. The molecule has 1 heterocycles. The van der Waals surface area contributed by atoms with Crippen LogP contribution < -0.4 is 0 Å². The molecular weight excluding hydrogens is 252 g/mol. The van der Waals surface area contributed by atoms with E-state index in [9.17, 15) is 14.9 Å². The van der Waals surface area contributed by atoms with Crippen LogP contribution in [0.2, 0.25) is 0 Å². The van der Waals surface area contributed by atoms with Crippen LogP contribution in [0.3, 0.4) is 0 Å². The number of hydrogen-bond acceptors (Lipinski definition) is 3. The highest BCUT2D eigenvalue weighted by molar-refractivity contribution is 6.06. The predicted octanol–water partition coefficient (Wildman–Crippen LogP) is 2.20. The number of nitrogens with zero attached hydrogens (tertiary/aromatic N) is 2. The third kappa shape index (κ3) is 1.83. The van der Waals surface area contributed by atoms with Crippen LogP contribution in [0.1, 0.15) is 24.4 Å². The van der Waals surface area contributed by atoms with Crippen molar-refractivity contribution in [1.82, 2.24) is 4.90 Å². The Kier molecular flexibility index (Phi) is 3.11. The van der Waals surface area contributed by atoms with Gasteiger partial charge in [0.05, 0.1) is 17.9 Å². The van der Waals surface area contributed by atoms with Gasteiger partial charge in [-0.05, 0) is 18.4 Å². The topological polar surface area (TPSA) is 61.2 Å². The summed E-state index contributed by atoms with van der Waals surface area (Å²) < 4.78 is 0. The summed E-state index contributed by atoms with van der Waals surface area (Å²) in [6, 6.07) is 10.3. The second kappa shape index (κ2) is 4.93. The second-order valence-electron chi connectivity index (χ2n) is 5.14. The van der Waals surface area contributed by atoms with E-state index >= 15 is 0 Å². The van der Waals surface area contributed by atoms with Crippen molar-refractivity contribution in [2.75, 3.05) is 0 Å². The van der Waals surface area contributed by atoms with E-state index in [1.165, 1.54) is 0 Å². The first-order valence-corrected chi connectivity index (χ1v) is 6.70. The number of likely N-dealkylation sites (tertiary alicyclic amines) is 1. The summed E-state index contributed by atoms with van der Waals surface area (Å²) in [6.07, 6.45) is 5.08. The van der Waals surface area contributed by atoms with E-state index in [0.29, 0.717) is 18.4 Å². The van der Waals surface area contributed by atoms with Crippen molar-refractivity contribution in [2.45, 2.75) is 18.9 Å². The molecule has 1 fully saturated rings. The Morgan fingerprint density at radius 1 is 1.05 bits per heavy atom. The van der Waals surface area contributed by atoms with Crippen LogP contribution in [0.15, 0.2) is 42.5 Å². The lowest BCUT2D eigenvalue weighted by Crippen LogP contribution is -2.34. The van der Waals surface area contributed by atoms with E-state index in [1.54, 1.807) is 24.3 Å². The molecular formula is C16H14N2O2. The molecule has 4 nitrogen and oxygen atoms in total. The van der Waals surface area contributed by atoms with E-state index in [4.69, 9.17) is 0 Å². The van der Waals surface area contributed by atoms with Gasteiger partial charge in [-0.1, -0.05) is 42.5 Å². The zero-order valence-corrected chi connectivity index (χ0v) is 10.9. The fourth-order valence-electron chi connectivity index (χ4n) is 3.00. The molecule has 20 heavy (non-hydrogen) atoms. The van der Waals surface area contributed by atoms with Gasteiger partial charge in [-0.3, -0.25) is 14.5 Å². The quantitative estimate of drug-likeness (QED) is 0.609. The summed E-state index contributed by atoms with van der Waals surface area (Å²) in [5.74, 6) is -0.987. The summed E-state index contributed by atoms with van der Waals surface area (Å²) in [4.78, 5) is 26.1. The van der Waals surface area contributed by atoms with Gasteiger partial charge in [0.1, 0.15) is 0 Å². The SMILES string of the molecule is N#CC(c1ccccc1)N1C(=O)[C@H]2CC=CC[C@H]2C1=O. The van der Waals surface area contributed by atoms with Crippen LogP contribution in [-0.2, 0) is 9.59 Å². The van der Waals surface area contributed by atoms with Crippen LogP contribution >= 0.6 is 0 Å². The smallest absolute Gasteiger partial charge is 0.234 e. The first kappa shape index (κ1) is 12.6. The number of amides is 2. The molecule has 0 saturated carbocycles. The number of carbonyl (C=O) groups is 2. The normalized spacial score (nSPS) is 26.2. The predicted molar refractivity (Wildman–Crippen MR) is 72.0 cm³/mol. The van der Waals surface area contributed by atoms with Crippen LogP contribution in [0.4, 0.5) is 0 Å². The molecule has 3 rings (SSSR count). The maximum absolute atomic E-state index is 12.4. The highest BCUT2D eigenvalue weighted by Crippen LogP contribution is 2.39. The highest BCUT2D eigenvalue weighted by atomic mass is 16.2. The lowest BCUT2D eigenvalue weighted by Gasteiger charge is -2.21. The van der Waals surface area contributed by atoms with Gasteiger partial charge in [0.15, 0.2) is 6.04 Å². The first-order chi connectivity index (χ1) is 9.74. The van der Waals surface area contributed by atoms with Crippen LogP contribution in [0, 0.1) is 23.2 Å². The van der Waals surface area contributed by atoms with Gasteiger partial charge < -0.3 is 0 Å². The van der Waals surface area contributed by atoms with Crippen molar-refractivity contribution in [3.8, 4) is 6.07 Å². The molecule has 4 heteroatoms. The molecule has 0 bridgehead atoms. The van der Waals surface area contributed by atoms with Gasteiger partial charge in [0, 0.05) is 0 Å². The minimum absolute atomic E-state index is 0.209. The average molecular weight is 266 g/mol. The Hall–Kier alpha value is -2.41. The highest BCUT2D eigenvalue weighted by Gasteiger charge is 2.50. The van der Waals surface area contributed by atoms with Crippen LogP contribution in [0.25, 0.3) is 0 Å². The monoisotopic (exact) mass is 266 g/mol. The third-order valence-electron chi connectivity index (χ3n) is 4.04. The van der Waals surface area contributed by atoms with E-state index in [2.05, 4.69) is 6.07 Å². The van der Waals surface area contributed by atoms with E-state index < -0.39 is 6.04 Å². The summed E-state index contributed by atoms with van der Waals surface area (Å²) in [5, 5.41) is 9.40. The van der Waals surface area contributed by atoms with E-state index in [-0.39, 0.29) is 23.7 Å². The number of rotatable bonds is 2. The van der Waals surface area contributed by atoms with E-state index in [1.807, 2.05) is 18.2 Å². The molecule has 2 aliphatic rings. The molecule has 0 spiro atoms. The van der Waals surface area contributed by atoms with Gasteiger partial charge in [-0.2, -0.15) is 5.26 Å². The van der Waals surface area contributed by atoms with Crippen molar-refractivity contribution in [3.63, 3.8) is 0 Å². The third-order valence-corrected chi connectivity index (χ3v) is 4.04. The van der Waals surface area contributed by atoms with E-state index in [0.717, 1.165) is 4.90 Å². The number of benzene rings is 1. The minimum Gasteiger partial charge on any atom is -0.274 e. The number of hydrogen-bond donors (Lipinski definition) is 0.